The Morgan fingerprint density at radius 3 is 1.44 bits per heavy atom. The number of carbonyl (C=O) groups is 3. The molecule has 156 valence electrons. The Kier molecular flexibility index (Phi) is 10.9. The van der Waals surface area contributed by atoms with Gasteiger partial charge in [0, 0.05) is 18.1 Å². The van der Waals surface area contributed by atoms with Crippen LogP contribution in [-0.4, -0.2) is 34.7 Å². The maximum Gasteiger partial charge on any atom is 0.333 e. The summed E-state index contributed by atoms with van der Waals surface area (Å²) in [6, 6.07) is 0. The summed E-state index contributed by atoms with van der Waals surface area (Å²) in [7, 11) is 0. The SMILES string of the molecule is C=C(CCC(=O)OC(C)(C)C)C(=O)OC(C)(C)C.C=CC(=O)OC(C)(C)C. The molecule has 6 nitrogen and oxygen atoms in total. The lowest BCUT2D eigenvalue weighted by Crippen LogP contribution is -2.26. The molecule has 6 heteroatoms. The summed E-state index contributed by atoms with van der Waals surface area (Å²) in [6.07, 6.45) is 1.55. The van der Waals surface area contributed by atoms with Gasteiger partial charge in [0.2, 0.25) is 0 Å². The Balaban J connectivity index is 0. The molecule has 0 aromatic carbocycles. The maximum atomic E-state index is 11.6. The Labute approximate surface area is 163 Å². The highest BCUT2D eigenvalue weighted by atomic mass is 16.6. The van der Waals surface area contributed by atoms with Gasteiger partial charge in [-0.15, -0.1) is 0 Å². The van der Waals surface area contributed by atoms with E-state index in [2.05, 4.69) is 13.2 Å². The molecular weight excluding hydrogens is 348 g/mol. The van der Waals surface area contributed by atoms with Crippen LogP contribution < -0.4 is 0 Å². The van der Waals surface area contributed by atoms with E-state index in [-0.39, 0.29) is 30.4 Å². The van der Waals surface area contributed by atoms with Crippen LogP contribution in [0.15, 0.2) is 24.8 Å². The van der Waals surface area contributed by atoms with Crippen molar-refractivity contribution in [2.75, 3.05) is 0 Å². The van der Waals surface area contributed by atoms with E-state index in [1.54, 1.807) is 41.5 Å². The van der Waals surface area contributed by atoms with E-state index in [1.165, 1.54) is 0 Å². The highest BCUT2D eigenvalue weighted by Crippen LogP contribution is 2.15. The van der Waals surface area contributed by atoms with Crippen LogP contribution in [0.25, 0.3) is 0 Å². The lowest BCUT2D eigenvalue weighted by Gasteiger charge is -2.21. The largest absolute Gasteiger partial charge is 0.460 e. The zero-order chi connectivity index (χ0) is 22.1. The predicted octanol–water partition coefficient (Wildman–Crippen LogP) is 4.52. The number of rotatable bonds is 5. The van der Waals surface area contributed by atoms with Gasteiger partial charge in [-0.1, -0.05) is 13.2 Å². The molecule has 0 radical (unpaired) electrons. The van der Waals surface area contributed by atoms with Crippen LogP contribution in [0.1, 0.15) is 75.2 Å². The first kappa shape index (κ1) is 27.1. The second-order valence-electron chi connectivity index (χ2n) is 8.93. The molecule has 0 N–H and O–H groups in total. The van der Waals surface area contributed by atoms with Crippen molar-refractivity contribution >= 4 is 17.9 Å². The average molecular weight is 385 g/mol. The molecule has 0 amide bonds. The average Bonchev–Trinajstić information content (AvgIpc) is 2.39. The molecule has 0 rings (SSSR count). The van der Waals surface area contributed by atoms with Gasteiger partial charge in [-0.25, -0.2) is 9.59 Å². The summed E-state index contributed by atoms with van der Waals surface area (Å²) >= 11 is 0. The van der Waals surface area contributed by atoms with Gasteiger partial charge in [-0.05, 0) is 68.7 Å². The number of hydrogen-bond acceptors (Lipinski definition) is 6. The maximum absolute atomic E-state index is 11.6. The first-order chi connectivity index (χ1) is 11.9. The normalized spacial score (nSPS) is 11.4. The van der Waals surface area contributed by atoms with Crippen LogP contribution in [0.5, 0.6) is 0 Å². The molecule has 0 bridgehead atoms. The van der Waals surface area contributed by atoms with Crippen LogP contribution in [0.2, 0.25) is 0 Å². The van der Waals surface area contributed by atoms with E-state index in [9.17, 15) is 14.4 Å². The fourth-order valence-electron chi connectivity index (χ4n) is 1.44. The summed E-state index contributed by atoms with van der Waals surface area (Å²) < 4.78 is 15.1. The second-order valence-corrected chi connectivity index (χ2v) is 8.93. The molecule has 0 aromatic heterocycles. The molecule has 0 aliphatic rings. The van der Waals surface area contributed by atoms with Crippen molar-refractivity contribution in [3.63, 3.8) is 0 Å². The summed E-state index contributed by atoms with van der Waals surface area (Å²) in [6.45, 7) is 23.1. The molecular formula is C21H36O6. The quantitative estimate of drug-likeness (QED) is 0.394. The third kappa shape index (κ3) is 20.1. The minimum absolute atomic E-state index is 0.134. The smallest absolute Gasteiger partial charge is 0.333 e. The molecule has 0 unspecified atom stereocenters. The van der Waals surface area contributed by atoms with Gasteiger partial charge in [0.1, 0.15) is 16.8 Å². The summed E-state index contributed by atoms with van der Waals surface area (Å²) in [5, 5.41) is 0. The third-order valence-corrected chi connectivity index (χ3v) is 2.31. The summed E-state index contributed by atoms with van der Waals surface area (Å²) in [5.74, 6) is -1.18. The van der Waals surface area contributed by atoms with Crippen molar-refractivity contribution in [2.45, 2.75) is 92.0 Å². The Hall–Kier alpha value is -2.11. The van der Waals surface area contributed by atoms with Crippen LogP contribution in [0.4, 0.5) is 0 Å². The number of carbonyl (C=O) groups excluding carboxylic acids is 3. The van der Waals surface area contributed by atoms with Crippen molar-refractivity contribution in [1.29, 1.82) is 0 Å². The van der Waals surface area contributed by atoms with Crippen molar-refractivity contribution in [3.05, 3.63) is 24.8 Å². The summed E-state index contributed by atoms with van der Waals surface area (Å²) in [4.78, 5) is 33.5. The van der Waals surface area contributed by atoms with Crippen LogP contribution in [0.3, 0.4) is 0 Å². The number of esters is 3. The van der Waals surface area contributed by atoms with E-state index < -0.39 is 22.8 Å². The Bertz CT molecular complexity index is 538. The van der Waals surface area contributed by atoms with E-state index in [0.29, 0.717) is 0 Å². The molecule has 0 saturated carbocycles. The van der Waals surface area contributed by atoms with Crippen molar-refractivity contribution in [1.82, 2.24) is 0 Å². The van der Waals surface area contributed by atoms with Crippen molar-refractivity contribution in [3.8, 4) is 0 Å². The minimum atomic E-state index is -0.550. The van der Waals surface area contributed by atoms with Gasteiger partial charge in [0.15, 0.2) is 0 Å². The third-order valence-electron chi connectivity index (χ3n) is 2.31. The molecule has 0 spiro atoms. The van der Waals surface area contributed by atoms with Crippen LogP contribution in [-0.2, 0) is 28.6 Å². The van der Waals surface area contributed by atoms with Crippen LogP contribution >= 0.6 is 0 Å². The van der Waals surface area contributed by atoms with E-state index in [0.717, 1.165) is 6.08 Å². The molecule has 0 heterocycles. The summed E-state index contributed by atoms with van der Waals surface area (Å²) in [5.41, 5.74) is -1.17. The van der Waals surface area contributed by atoms with Crippen LogP contribution in [0, 0.1) is 0 Å². The second kappa shape index (κ2) is 10.9. The molecule has 0 saturated heterocycles. The molecule has 0 atom stereocenters. The van der Waals surface area contributed by atoms with Gasteiger partial charge in [-0.3, -0.25) is 4.79 Å². The first-order valence-electron chi connectivity index (χ1n) is 8.84. The fourth-order valence-corrected chi connectivity index (χ4v) is 1.44. The van der Waals surface area contributed by atoms with Gasteiger partial charge < -0.3 is 14.2 Å². The lowest BCUT2D eigenvalue weighted by atomic mass is 10.1. The standard InChI is InChI=1S/C14H24O4.C7H12O2/c1-10(12(16)18-14(5,6)7)8-9-11(15)17-13(2,3)4;1-5-6(8)9-7(2,3)4/h1,8-9H2,2-7H3;5H,1H2,2-4H3. The first-order valence-corrected chi connectivity index (χ1v) is 8.84. The molecule has 0 aliphatic carbocycles. The topological polar surface area (TPSA) is 78.9 Å². The highest BCUT2D eigenvalue weighted by molar-refractivity contribution is 5.88. The van der Waals surface area contributed by atoms with Crippen molar-refractivity contribution < 1.29 is 28.6 Å². The van der Waals surface area contributed by atoms with Crippen molar-refractivity contribution in [2.24, 2.45) is 0 Å². The zero-order valence-corrected chi connectivity index (χ0v) is 18.4. The molecule has 0 aromatic rings. The lowest BCUT2D eigenvalue weighted by molar-refractivity contribution is -0.155. The molecule has 27 heavy (non-hydrogen) atoms. The Morgan fingerprint density at radius 1 is 0.741 bits per heavy atom. The Morgan fingerprint density at radius 2 is 1.15 bits per heavy atom. The van der Waals surface area contributed by atoms with E-state index >= 15 is 0 Å². The van der Waals surface area contributed by atoms with E-state index in [1.807, 2.05) is 20.8 Å². The van der Waals surface area contributed by atoms with Gasteiger partial charge in [0.25, 0.3) is 0 Å². The number of ether oxygens (including phenoxy) is 3. The monoisotopic (exact) mass is 384 g/mol. The van der Waals surface area contributed by atoms with Gasteiger partial charge in [0.05, 0.1) is 0 Å². The van der Waals surface area contributed by atoms with Gasteiger partial charge >= 0.3 is 17.9 Å². The minimum Gasteiger partial charge on any atom is -0.460 e. The fraction of sp³-hybridized carbons (Fsp3) is 0.667. The highest BCUT2D eigenvalue weighted by Gasteiger charge is 2.21. The van der Waals surface area contributed by atoms with E-state index in [4.69, 9.17) is 14.2 Å². The zero-order valence-electron chi connectivity index (χ0n) is 18.4. The predicted molar refractivity (Wildman–Crippen MR) is 106 cm³/mol. The molecule has 0 fully saturated rings. The molecule has 0 aliphatic heterocycles. The number of hydrogen-bond donors (Lipinski definition) is 0. The van der Waals surface area contributed by atoms with Gasteiger partial charge in [-0.2, -0.15) is 0 Å².